The number of rotatable bonds is 2. The van der Waals surface area contributed by atoms with Gasteiger partial charge in [-0.1, -0.05) is 42.5 Å². The Labute approximate surface area is 128 Å². The Kier molecular flexibility index (Phi) is 5.49. The smallest absolute Gasteiger partial charge is 0.414 e. The average Bonchev–Trinajstić information content (AvgIpc) is 3.01. The summed E-state index contributed by atoms with van der Waals surface area (Å²) in [6, 6.07) is 16.0. The molecule has 3 N–H and O–H groups in total. The van der Waals surface area contributed by atoms with Crippen molar-refractivity contribution in [1.82, 2.24) is 5.32 Å². The summed E-state index contributed by atoms with van der Waals surface area (Å²) in [7, 11) is 0. The number of hydrogen-bond acceptors (Lipinski definition) is 3. The molecule has 1 fully saturated rings. The molecule has 1 saturated heterocycles. The van der Waals surface area contributed by atoms with Crippen molar-refractivity contribution in [3.05, 3.63) is 48.0 Å². The molecule has 2 aromatic rings. The maximum atomic E-state index is 9.10. The van der Waals surface area contributed by atoms with Crippen molar-refractivity contribution in [3.8, 4) is 0 Å². The maximum absolute atomic E-state index is 9.10. The lowest BCUT2D eigenvalue weighted by atomic mass is 9.98. The SMILES string of the molecule is O=C(O)C(=O)O.c1ccc2c(CC3CCCN3)cccc2c1. The van der Waals surface area contributed by atoms with Crippen LogP contribution in [0.1, 0.15) is 18.4 Å². The van der Waals surface area contributed by atoms with Gasteiger partial charge in [0.25, 0.3) is 0 Å². The van der Waals surface area contributed by atoms with E-state index in [1.54, 1.807) is 0 Å². The van der Waals surface area contributed by atoms with Crippen LogP contribution >= 0.6 is 0 Å². The van der Waals surface area contributed by atoms with Gasteiger partial charge in [-0.2, -0.15) is 0 Å². The van der Waals surface area contributed by atoms with Crippen LogP contribution in [0.5, 0.6) is 0 Å². The molecular weight excluding hydrogens is 282 g/mol. The zero-order valence-corrected chi connectivity index (χ0v) is 12.2. The number of benzene rings is 2. The summed E-state index contributed by atoms with van der Waals surface area (Å²) >= 11 is 0. The molecular formula is C17H19NO4. The molecule has 0 bridgehead atoms. The second-order valence-electron chi connectivity index (χ2n) is 5.25. The van der Waals surface area contributed by atoms with Gasteiger partial charge in [0.15, 0.2) is 0 Å². The first kappa shape index (κ1) is 16.0. The molecule has 0 spiro atoms. The third-order valence-corrected chi connectivity index (χ3v) is 3.69. The largest absolute Gasteiger partial charge is 0.473 e. The molecule has 1 aliphatic rings. The Bertz CT molecular complexity index is 645. The van der Waals surface area contributed by atoms with Crippen LogP contribution in [-0.2, 0) is 16.0 Å². The van der Waals surface area contributed by atoms with E-state index in [0.29, 0.717) is 6.04 Å². The minimum Gasteiger partial charge on any atom is -0.473 e. The number of hydrogen-bond donors (Lipinski definition) is 3. The fourth-order valence-corrected chi connectivity index (χ4v) is 2.67. The second kappa shape index (κ2) is 7.56. The summed E-state index contributed by atoms with van der Waals surface area (Å²) in [5.74, 6) is -3.65. The number of carbonyl (C=O) groups is 2. The van der Waals surface area contributed by atoms with E-state index in [0.717, 1.165) is 0 Å². The molecule has 0 radical (unpaired) electrons. The third kappa shape index (κ3) is 4.30. The van der Waals surface area contributed by atoms with E-state index in [-0.39, 0.29) is 0 Å². The summed E-state index contributed by atoms with van der Waals surface area (Å²) in [6.45, 7) is 1.19. The van der Waals surface area contributed by atoms with Crippen molar-refractivity contribution >= 4 is 22.7 Å². The summed E-state index contributed by atoms with van der Waals surface area (Å²) in [6.07, 6.45) is 3.82. The van der Waals surface area contributed by atoms with Gasteiger partial charge in [0.05, 0.1) is 0 Å². The molecule has 116 valence electrons. The van der Waals surface area contributed by atoms with E-state index in [1.165, 1.54) is 42.1 Å². The second-order valence-corrected chi connectivity index (χ2v) is 5.25. The normalized spacial score (nSPS) is 16.8. The minimum atomic E-state index is -1.82. The molecule has 1 unspecified atom stereocenters. The molecule has 0 saturated carbocycles. The minimum absolute atomic E-state index is 0.686. The number of nitrogens with one attached hydrogen (secondary N) is 1. The highest BCUT2D eigenvalue weighted by atomic mass is 16.4. The monoisotopic (exact) mass is 301 g/mol. The molecule has 0 amide bonds. The van der Waals surface area contributed by atoms with Gasteiger partial charge in [-0.15, -0.1) is 0 Å². The summed E-state index contributed by atoms with van der Waals surface area (Å²) in [5, 5.41) is 21.1. The fourth-order valence-electron chi connectivity index (χ4n) is 2.67. The highest BCUT2D eigenvalue weighted by Crippen LogP contribution is 2.21. The Hall–Kier alpha value is -2.40. The van der Waals surface area contributed by atoms with Crippen molar-refractivity contribution in [2.45, 2.75) is 25.3 Å². The average molecular weight is 301 g/mol. The maximum Gasteiger partial charge on any atom is 0.414 e. The third-order valence-electron chi connectivity index (χ3n) is 3.69. The molecule has 1 atom stereocenters. The Morgan fingerprint density at radius 3 is 2.36 bits per heavy atom. The Morgan fingerprint density at radius 2 is 1.73 bits per heavy atom. The van der Waals surface area contributed by atoms with Gasteiger partial charge in [-0.25, -0.2) is 9.59 Å². The highest BCUT2D eigenvalue weighted by Gasteiger charge is 2.15. The van der Waals surface area contributed by atoms with Crippen LogP contribution in [0.15, 0.2) is 42.5 Å². The first-order chi connectivity index (χ1) is 10.6. The van der Waals surface area contributed by atoms with Gasteiger partial charge >= 0.3 is 11.9 Å². The van der Waals surface area contributed by atoms with Crippen molar-refractivity contribution in [2.24, 2.45) is 0 Å². The first-order valence-corrected chi connectivity index (χ1v) is 7.24. The van der Waals surface area contributed by atoms with Gasteiger partial charge in [-0.3, -0.25) is 0 Å². The van der Waals surface area contributed by atoms with Crippen LogP contribution in [0, 0.1) is 0 Å². The summed E-state index contributed by atoms with van der Waals surface area (Å²) in [5.41, 5.74) is 1.48. The van der Waals surface area contributed by atoms with E-state index < -0.39 is 11.9 Å². The standard InChI is InChI=1S/C15H17N.C2H2O4/c1-2-9-15-12(5-1)6-3-7-13(15)11-14-8-4-10-16-14;3-1(4)2(5)6/h1-3,5-7,9,14,16H,4,8,10-11H2;(H,3,4)(H,5,6). The molecule has 2 aromatic carbocycles. The number of aliphatic carboxylic acids is 2. The van der Waals surface area contributed by atoms with Crippen LogP contribution in [0.3, 0.4) is 0 Å². The predicted molar refractivity (Wildman–Crippen MR) is 83.9 cm³/mol. The topological polar surface area (TPSA) is 86.6 Å². The van der Waals surface area contributed by atoms with E-state index in [2.05, 4.69) is 47.8 Å². The highest BCUT2D eigenvalue weighted by molar-refractivity contribution is 6.27. The number of carboxylic acids is 2. The quantitative estimate of drug-likeness (QED) is 0.741. The number of carboxylic acid groups (broad SMARTS) is 2. The van der Waals surface area contributed by atoms with Gasteiger partial charge in [0.1, 0.15) is 0 Å². The van der Waals surface area contributed by atoms with Crippen LogP contribution in [0.2, 0.25) is 0 Å². The molecule has 0 aromatic heterocycles. The molecule has 1 aliphatic heterocycles. The van der Waals surface area contributed by atoms with E-state index >= 15 is 0 Å². The Balaban J connectivity index is 0.000000254. The van der Waals surface area contributed by atoms with Crippen LogP contribution in [0.4, 0.5) is 0 Å². The molecule has 5 heteroatoms. The van der Waals surface area contributed by atoms with Gasteiger partial charge in [0.2, 0.25) is 0 Å². The lowest BCUT2D eigenvalue weighted by Crippen LogP contribution is -2.23. The lowest BCUT2D eigenvalue weighted by molar-refractivity contribution is -0.159. The van der Waals surface area contributed by atoms with E-state index in [1.807, 2.05) is 0 Å². The lowest BCUT2D eigenvalue weighted by Gasteiger charge is -2.12. The van der Waals surface area contributed by atoms with Crippen LogP contribution < -0.4 is 5.32 Å². The van der Waals surface area contributed by atoms with E-state index in [4.69, 9.17) is 19.8 Å². The molecule has 0 aliphatic carbocycles. The molecule has 5 nitrogen and oxygen atoms in total. The summed E-state index contributed by atoms with van der Waals surface area (Å²) < 4.78 is 0. The van der Waals surface area contributed by atoms with Crippen molar-refractivity contribution in [1.29, 1.82) is 0 Å². The van der Waals surface area contributed by atoms with Crippen LogP contribution in [0.25, 0.3) is 10.8 Å². The predicted octanol–water partition coefficient (Wildman–Crippen LogP) is 2.29. The number of fused-ring (bicyclic) bond motifs is 1. The van der Waals surface area contributed by atoms with E-state index in [9.17, 15) is 0 Å². The fraction of sp³-hybridized carbons (Fsp3) is 0.294. The first-order valence-electron chi connectivity index (χ1n) is 7.24. The molecule has 1 heterocycles. The Morgan fingerprint density at radius 1 is 1.05 bits per heavy atom. The molecule has 3 rings (SSSR count). The zero-order valence-electron chi connectivity index (χ0n) is 12.2. The van der Waals surface area contributed by atoms with Crippen molar-refractivity contribution in [2.75, 3.05) is 6.54 Å². The van der Waals surface area contributed by atoms with Crippen LogP contribution in [-0.4, -0.2) is 34.7 Å². The van der Waals surface area contributed by atoms with Crippen molar-refractivity contribution < 1.29 is 19.8 Å². The van der Waals surface area contributed by atoms with Gasteiger partial charge in [-0.05, 0) is 42.1 Å². The van der Waals surface area contributed by atoms with Gasteiger partial charge < -0.3 is 15.5 Å². The summed E-state index contributed by atoms with van der Waals surface area (Å²) in [4.78, 5) is 18.2. The van der Waals surface area contributed by atoms with Gasteiger partial charge in [0, 0.05) is 6.04 Å². The molecule has 22 heavy (non-hydrogen) atoms. The van der Waals surface area contributed by atoms with Crippen molar-refractivity contribution in [3.63, 3.8) is 0 Å². The zero-order chi connectivity index (χ0) is 15.9.